The molecule has 0 bridgehead atoms. The molecule has 142 valence electrons. The van der Waals surface area contributed by atoms with Crippen LogP contribution in [-0.4, -0.2) is 34.3 Å². The highest BCUT2D eigenvalue weighted by atomic mass is 16.3. The van der Waals surface area contributed by atoms with Gasteiger partial charge >= 0.3 is 0 Å². The van der Waals surface area contributed by atoms with E-state index in [1.807, 2.05) is 18.0 Å². The molecule has 0 amide bonds. The van der Waals surface area contributed by atoms with Gasteiger partial charge in [0.2, 0.25) is 0 Å². The number of unbranched alkanes of at least 4 members (excludes halogenated alkanes) is 13. The van der Waals surface area contributed by atoms with Crippen LogP contribution in [0.3, 0.4) is 0 Å². The highest BCUT2D eigenvalue weighted by Gasteiger charge is 2.14. The van der Waals surface area contributed by atoms with E-state index in [-0.39, 0.29) is 6.23 Å². The van der Waals surface area contributed by atoms with Gasteiger partial charge in [0.15, 0.2) is 0 Å². The molecule has 1 N–H and O–H groups in total. The summed E-state index contributed by atoms with van der Waals surface area (Å²) in [7, 11) is 0. The summed E-state index contributed by atoms with van der Waals surface area (Å²) in [6.07, 6.45) is 23.5. The van der Waals surface area contributed by atoms with Crippen molar-refractivity contribution in [3.8, 4) is 0 Å². The second-order valence-electron chi connectivity index (χ2n) is 7.49. The smallest absolute Gasteiger partial charge is 0.125 e. The third kappa shape index (κ3) is 11.0. The Labute approximate surface area is 151 Å². The fourth-order valence-corrected chi connectivity index (χ4v) is 3.38. The van der Waals surface area contributed by atoms with E-state index in [0.717, 1.165) is 13.2 Å². The van der Waals surface area contributed by atoms with E-state index < -0.39 is 0 Å². The van der Waals surface area contributed by atoms with E-state index >= 15 is 0 Å². The standard InChI is InChI=1S/C21H42N2O/c1-3-4-5-6-7-8-9-10-11-12-13-14-15-16-17-22-18-19-23(20-22)21(2)24/h18-19,21,24H,3-17,20H2,1-2H3. The first-order valence-electron chi connectivity index (χ1n) is 10.6. The molecular formula is C21H42N2O. The SMILES string of the molecule is CCCCCCCCCCCCCCCCN1C=CN(C(C)O)C1. The van der Waals surface area contributed by atoms with Crippen LogP contribution in [-0.2, 0) is 0 Å². The van der Waals surface area contributed by atoms with E-state index in [2.05, 4.69) is 18.0 Å². The molecule has 0 saturated heterocycles. The highest BCUT2D eigenvalue weighted by Crippen LogP contribution is 2.14. The summed E-state index contributed by atoms with van der Waals surface area (Å²) in [5.74, 6) is 0. The van der Waals surface area contributed by atoms with Gasteiger partial charge < -0.3 is 14.9 Å². The lowest BCUT2D eigenvalue weighted by Crippen LogP contribution is -2.32. The summed E-state index contributed by atoms with van der Waals surface area (Å²) in [5.41, 5.74) is 0. The topological polar surface area (TPSA) is 26.7 Å². The van der Waals surface area contributed by atoms with Crippen molar-refractivity contribution >= 4 is 0 Å². The summed E-state index contributed by atoms with van der Waals surface area (Å²) < 4.78 is 0. The fourth-order valence-electron chi connectivity index (χ4n) is 3.38. The van der Waals surface area contributed by atoms with Crippen LogP contribution in [0, 0.1) is 0 Å². The van der Waals surface area contributed by atoms with Gasteiger partial charge in [-0.15, -0.1) is 0 Å². The Balaban J connectivity index is 1.75. The summed E-state index contributed by atoms with van der Waals surface area (Å²) in [6, 6.07) is 0. The van der Waals surface area contributed by atoms with E-state index in [4.69, 9.17) is 0 Å². The van der Waals surface area contributed by atoms with E-state index in [1.54, 1.807) is 0 Å². The molecule has 0 aliphatic carbocycles. The second kappa shape index (κ2) is 14.6. The number of aliphatic hydroxyl groups excluding tert-OH is 1. The van der Waals surface area contributed by atoms with Crippen molar-refractivity contribution in [2.75, 3.05) is 13.2 Å². The van der Waals surface area contributed by atoms with Gasteiger partial charge in [-0.25, -0.2) is 0 Å². The Morgan fingerprint density at radius 3 is 1.62 bits per heavy atom. The third-order valence-electron chi connectivity index (χ3n) is 5.09. The van der Waals surface area contributed by atoms with Crippen molar-refractivity contribution in [2.45, 2.75) is 110 Å². The van der Waals surface area contributed by atoms with Gasteiger partial charge in [0.05, 0.1) is 6.67 Å². The molecule has 24 heavy (non-hydrogen) atoms. The first-order valence-corrected chi connectivity index (χ1v) is 10.6. The zero-order chi connectivity index (χ0) is 17.5. The molecule has 1 aliphatic rings. The number of rotatable bonds is 16. The Morgan fingerprint density at radius 2 is 1.21 bits per heavy atom. The lowest BCUT2D eigenvalue weighted by atomic mass is 10.0. The van der Waals surface area contributed by atoms with Crippen molar-refractivity contribution in [3.05, 3.63) is 12.4 Å². The van der Waals surface area contributed by atoms with Crippen molar-refractivity contribution in [1.29, 1.82) is 0 Å². The Bertz CT molecular complexity index is 304. The van der Waals surface area contributed by atoms with Gasteiger partial charge in [0, 0.05) is 18.9 Å². The summed E-state index contributed by atoms with van der Waals surface area (Å²) in [6.45, 7) is 6.07. The first kappa shape index (κ1) is 21.3. The average molecular weight is 339 g/mol. The Morgan fingerprint density at radius 1 is 0.750 bits per heavy atom. The molecule has 0 aromatic heterocycles. The van der Waals surface area contributed by atoms with Crippen LogP contribution in [0.25, 0.3) is 0 Å². The molecule has 0 spiro atoms. The molecule has 1 aliphatic heterocycles. The molecule has 0 aromatic rings. The van der Waals surface area contributed by atoms with Crippen LogP contribution < -0.4 is 0 Å². The molecule has 1 unspecified atom stereocenters. The maximum atomic E-state index is 9.51. The molecule has 0 fully saturated rings. The minimum absolute atomic E-state index is 0.373. The summed E-state index contributed by atoms with van der Waals surface area (Å²) in [5, 5.41) is 9.51. The minimum Gasteiger partial charge on any atom is -0.374 e. The Kier molecular flexibility index (Phi) is 13.0. The Hall–Kier alpha value is -0.700. The van der Waals surface area contributed by atoms with E-state index in [0.29, 0.717) is 0 Å². The maximum absolute atomic E-state index is 9.51. The van der Waals surface area contributed by atoms with Crippen LogP contribution in [0.15, 0.2) is 12.4 Å². The van der Waals surface area contributed by atoms with Gasteiger partial charge in [-0.1, -0.05) is 90.4 Å². The zero-order valence-electron chi connectivity index (χ0n) is 16.4. The monoisotopic (exact) mass is 338 g/mol. The van der Waals surface area contributed by atoms with Crippen LogP contribution in [0.5, 0.6) is 0 Å². The molecule has 3 heteroatoms. The molecule has 1 rings (SSSR count). The van der Waals surface area contributed by atoms with Gasteiger partial charge in [0.1, 0.15) is 6.23 Å². The van der Waals surface area contributed by atoms with Gasteiger partial charge in [-0.3, -0.25) is 0 Å². The summed E-state index contributed by atoms with van der Waals surface area (Å²) in [4.78, 5) is 4.26. The lowest BCUT2D eigenvalue weighted by Gasteiger charge is -2.23. The number of hydrogen-bond donors (Lipinski definition) is 1. The van der Waals surface area contributed by atoms with Crippen LogP contribution in [0.1, 0.15) is 104 Å². The van der Waals surface area contributed by atoms with Crippen molar-refractivity contribution < 1.29 is 5.11 Å². The quantitative estimate of drug-likeness (QED) is 0.357. The van der Waals surface area contributed by atoms with Crippen LogP contribution >= 0.6 is 0 Å². The number of aliphatic hydroxyl groups is 1. The minimum atomic E-state index is -0.373. The number of nitrogens with zero attached hydrogens (tertiary/aromatic N) is 2. The van der Waals surface area contributed by atoms with Gasteiger partial charge in [-0.05, 0) is 13.3 Å². The normalized spacial score (nSPS) is 15.5. The van der Waals surface area contributed by atoms with E-state index in [1.165, 1.54) is 89.9 Å². The number of hydrogen-bond acceptors (Lipinski definition) is 3. The summed E-state index contributed by atoms with van der Waals surface area (Å²) >= 11 is 0. The maximum Gasteiger partial charge on any atom is 0.125 e. The lowest BCUT2D eigenvalue weighted by molar-refractivity contribution is 0.0408. The van der Waals surface area contributed by atoms with Crippen molar-refractivity contribution in [1.82, 2.24) is 9.80 Å². The molecule has 0 radical (unpaired) electrons. The fraction of sp³-hybridized carbons (Fsp3) is 0.905. The van der Waals surface area contributed by atoms with E-state index in [9.17, 15) is 5.11 Å². The largest absolute Gasteiger partial charge is 0.374 e. The molecular weight excluding hydrogens is 296 g/mol. The third-order valence-corrected chi connectivity index (χ3v) is 5.09. The zero-order valence-corrected chi connectivity index (χ0v) is 16.4. The molecule has 1 atom stereocenters. The predicted molar refractivity (Wildman–Crippen MR) is 105 cm³/mol. The van der Waals surface area contributed by atoms with Crippen LogP contribution in [0.4, 0.5) is 0 Å². The molecule has 1 heterocycles. The second-order valence-corrected chi connectivity index (χ2v) is 7.49. The van der Waals surface area contributed by atoms with Crippen molar-refractivity contribution in [3.63, 3.8) is 0 Å². The predicted octanol–water partition coefficient (Wildman–Crippen LogP) is 5.85. The van der Waals surface area contributed by atoms with Gasteiger partial charge in [-0.2, -0.15) is 0 Å². The molecule has 0 aromatic carbocycles. The first-order chi connectivity index (χ1) is 11.7. The average Bonchev–Trinajstić information content (AvgIpc) is 3.04. The van der Waals surface area contributed by atoms with Crippen LogP contribution in [0.2, 0.25) is 0 Å². The highest BCUT2D eigenvalue weighted by molar-refractivity contribution is 4.90. The van der Waals surface area contributed by atoms with Crippen molar-refractivity contribution in [2.24, 2.45) is 0 Å². The molecule has 0 saturated carbocycles. The molecule has 3 nitrogen and oxygen atoms in total. The van der Waals surface area contributed by atoms with Gasteiger partial charge in [0.25, 0.3) is 0 Å².